The minimum absolute atomic E-state index is 0.229. The second-order valence-corrected chi connectivity index (χ2v) is 6.44. The fourth-order valence-electron chi connectivity index (χ4n) is 3.13. The monoisotopic (exact) mass is 351 g/mol. The van der Waals surface area contributed by atoms with Crippen molar-refractivity contribution in [1.82, 2.24) is 4.98 Å². The number of carbonyl (C=O) groups excluding carboxylic acids is 2. The number of nitrogens with zero attached hydrogens (tertiary/aromatic N) is 1. The van der Waals surface area contributed by atoms with E-state index in [9.17, 15) is 9.59 Å². The maximum absolute atomic E-state index is 11.4. The van der Waals surface area contributed by atoms with Crippen molar-refractivity contribution in [2.45, 2.75) is 40.0 Å². The van der Waals surface area contributed by atoms with Crippen molar-refractivity contribution in [2.24, 2.45) is 0 Å². The van der Waals surface area contributed by atoms with Gasteiger partial charge >= 0.3 is 11.9 Å². The third-order valence-electron chi connectivity index (χ3n) is 4.12. The van der Waals surface area contributed by atoms with Gasteiger partial charge in [-0.3, -0.25) is 14.6 Å². The number of esters is 2. The van der Waals surface area contributed by atoms with E-state index in [0.29, 0.717) is 0 Å². The number of carbonyl (C=O) groups is 2. The van der Waals surface area contributed by atoms with E-state index in [1.807, 2.05) is 25.3 Å². The zero-order valence-electron chi connectivity index (χ0n) is 15.2. The summed E-state index contributed by atoms with van der Waals surface area (Å²) in [6.45, 7) is 4.66. The molecule has 134 valence electrons. The third kappa shape index (κ3) is 4.17. The van der Waals surface area contributed by atoms with Crippen LogP contribution in [0.25, 0.3) is 11.6 Å². The predicted octanol–water partition coefficient (Wildman–Crippen LogP) is 4.12. The second-order valence-electron chi connectivity index (χ2n) is 6.44. The molecule has 0 N–H and O–H groups in total. The van der Waals surface area contributed by atoms with Gasteiger partial charge in [0.05, 0.1) is 5.69 Å². The quantitative estimate of drug-likeness (QED) is 0.615. The average Bonchev–Trinajstić information content (AvgIpc) is 2.56. The van der Waals surface area contributed by atoms with Gasteiger partial charge in [0.1, 0.15) is 0 Å². The number of benzene rings is 1. The molecule has 0 unspecified atom stereocenters. The molecule has 1 aliphatic rings. The van der Waals surface area contributed by atoms with Crippen molar-refractivity contribution in [3.05, 3.63) is 52.8 Å². The van der Waals surface area contributed by atoms with Gasteiger partial charge in [-0.05, 0) is 66.7 Å². The molecule has 0 saturated carbocycles. The Morgan fingerprint density at radius 2 is 1.77 bits per heavy atom. The highest BCUT2D eigenvalue weighted by Crippen LogP contribution is 2.34. The van der Waals surface area contributed by atoms with Gasteiger partial charge in [0.25, 0.3) is 0 Å². The average molecular weight is 351 g/mol. The molecule has 5 nitrogen and oxygen atoms in total. The molecular formula is C21H21NO4. The standard InChI is InChI=1S/C21H21NO4/c1-13-9-17-5-4-6-18(21(17)22-12-13)10-16-7-8-19(25-14(2)23)20(11-16)26-15(3)24/h7-12H,4-6H2,1-3H3/b18-10-. The molecule has 1 heterocycles. The lowest BCUT2D eigenvalue weighted by Gasteiger charge is -2.18. The highest BCUT2D eigenvalue weighted by atomic mass is 16.6. The van der Waals surface area contributed by atoms with Crippen LogP contribution >= 0.6 is 0 Å². The number of aromatic nitrogens is 1. The Balaban J connectivity index is 1.99. The van der Waals surface area contributed by atoms with Crippen LogP contribution in [0.5, 0.6) is 11.5 Å². The summed E-state index contributed by atoms with van der Waals surface area (Å²) in [5.74, 6) is -0.476. The van der Waals surface area contributed by atoms with Gasteiger partial charge in [-0.25, -0.2) is 0 Å². The van der Waals surface area contributed by atoms with E-state index in [1.165, 1.54) is 19.4 Å². The predicted molar refractivity (Wildman–Crippen MR) is 98.8 cm³/mol. The highest BCUT2D eigenvalue weighted by Gasteiger charge is 2.16. The molecule has 1 aliphatic carbocycles. The third-order valence-corrected chi connectivity index (χ3v) is 4.12. The Morgan fingerprint density at radius 3 is 2.50 bits per heavy atom. The van der Waals surface area contributed by atoms with Crippen LogP contribution < -0.4 is 9.47 Å². The maximum Gasteiger partial charge on any atom is 0.308 e. The number of hydrogen-bond donors (Lipinski definition) is 0. The Labute approximate surface area is 152 Å². The van der Waals surface area contributed by atoms with Crippen LogP contribution in [-0.4, -0.2) is 16.9 Å². The molecule has 0 amide bonds. The van der Waals surface area contributed by atoms with E-state index in [1.54, 1.807) is 12.1 Å². The molecule has 0 aliphatic heterocycles. The van der Waals surface area contributed by atoms with Gasteiger partial charge in [0.15, 0.2) is 11.5 Å². The lowest BCUT2D eigenvalue weighted by Crippen LogP contribution is -2.07. The first-order chi connectivity index (χ1) is 12.4. The number of rotatable bonds is 3. The van der Waals surface area contributed by atoms with Crippen LogP contribution in [-0.2, 0) is 16.0 Å². The van der Waals surface area contributed by atoms with Crippen molar-refractivity contribution in [1.29, 1.82) is 0 Å². The number of aryl methyl sites for hydroxylation is 2. The van der Waals surface area contributed by atoms with Crippen molar-refractivity contribution in [2.75, 3.05) is 0 Å². The molecule has 0 atom stereocenters. The first-order valence-electron chi connectivity index (χ1n) is 8.60. The Bertz CT molecular complexity index is 899. The minimum Gasteiger partial charge on any atom is -0.423 e. The van der Waals surface area contributed by atoms with Gasteiger partial charge in [-0.1, -0.05) is 12.1 Å². The molecule has 26 heavy (non-hydrogen) atoms. The molecule has 0 radical (unpaired) electrons. The van der Waals surface area contributed by atoms with E-state index in [-0.39, 0.29) is 11.5 Å². The summed E-state index contributed by atoms with van der Waals surface area (Å²) in [7, 11) is 0. The van der Waals surface area contributed by atoms with Crippen LogP contribution in [0.4, 0.5) is 0 Å². The van der Waals surface area contributed by atoms with Gasteiger partial charge in [-0.2, -0.15) is 0 Å². The summed E-state index contributed by atoms with van der Waals surface area (Å²) in [5.41, 5.74) is 5.47. The van der Waals surface area contributed by atoms with Gasteiger partial charge in [0, 0.05) is 20.0 Å². The van der Waals surface area contributed by atoms with Gasteiger partial charge in [-0.15, -0.1) is 0 Å². The zero-order valence-corrected chi connectivity index (χ0v) is 15.2. The van der Waals surface area contributed by atoms with E-state index in [0.717, 1.165) is 41.7 Å². The number of pyridine rings is 1. The van der Waals surface area contributed by atoms with Crippen molar-refractivity contribution >= 4 is 23.6 Å². The lowest BCUT2D eigenvalue weighted by molar-refractivity contribution is -0.134. The van der Waals surface area contributed by atoms with Crippen molar-refractivity contribution in [3.8, 4) is 11.5 Å². The van der Waals surface area contributed by atoms with Gasteiger partial charge < -0.3 is 9.47 Å². The number of hydrogen-bond acceptors (Lipinski definition) is 5. The first-order valence-corrected chi connectivity index (χ1v) is 8.60. The molecule has 0 spiro atoms. The molecule has 1 aromatic carbocycles. The number of allylic oxidation sites excluding steroid dienone is 1. The SMILES string of the molecule is CC(=O)Oc1ccc(/C=C2/CCCc3cc(C)cnc32)cc1OC(C)=O. The summed E-state index contributed by atoms with van der Waals surface area (Å²) in [6.07, 6.45) is 6.98. The molecule has 5 heteroatoms. The van der Waals surface area contributed by atoms with Crippen LogP contribution in [0, 0.1) is 6.92 Å². The van der Waals surface area contributed by atoms with Crippen LogP contribution in [0.15, 0.2) is 30.5 Å². The fraction of sp³-hybridized carbons (Fsp3) is 0.286. The molecule has 3 rings (SSSR count). The summed E-state index contributed by atoms with van der Waals surface area (Å²) >= 11 is 0. The van der Waals surface area contributed by atoms with E-state index < -0.39 is 11.9 Å². The van der Waals surface area contributed by atoms with E-state index in [2.05, 4.69) is 11.1 Å². The highest BCUT2D eigenvalue weighted by molar-refractivity contribution is 5.83. The molecule has 2 aromatic rings. The fourth-order valence-corrected chi connectivity index (χ4v) is 3.13. The van der Waals surface area contributed by atoms with Crippen LogP contribution in [0.3, 0.4) is 0 Å². The smallest absolute Gasteiger partial charge is 0.308 e. The topological polar surface area (TPSA) is 65.5 Å². The molecular weight excluding hydrogens is 330 g/mol. The molecule has 1 aromatic heterocycles. The lowest BCUT2D eigenvalue weighted by atomic mass is 9.89. The minimum atomic E-state index is -0.469. The molecule has 0 saturated heterocycles. The first kappa shape index (κ1) is 17.9. The molecule has 0 fully saturated rings. The molecule has 0 bridgehead atoms. The summed E-state index contributed by atoms with van der Waals surface area (Å²) in [4.78, 5) is 27.2. The number of fused-ring (bicyclic) bond motifs is 1. The van der Waals surface area contributed by atoms with Crippen LogP contribution in [0.2, 0.25) is 0 Å². The normalized spacial score (nSPS) is 14.7. The second kappa shape index (κ2) is 7.52. The van der Waals surface area contributed by atoms with Crippen LogP contribution in [0.1, 0.15) is 49.1 Å². The Hall–Kier alpha value is -2.95. The summed E-state index contributed by atoms with van der Waals surface area (Å²) in [5, 5.41) is 0. The summed E-state index contributed by atoms with van der Waals surface area (Å²) in [6, 6.07) is 7.36. The maximum atomic E-state index is 11.4. The van der Waals surface area contributed by atoms with Gasteiger partial charge in [0.2, 0.25) is 0 Å². The zero-order chi connectivity index (χ0) is 18.7. The summed E-state index contributed by atoms with van der Waals surface area (Å²) < 4.78 is 10.3. The van der Waals surface area contributed by atoms with E-state index >= 15 is 0 Å². The Kier molecular flexibility index (Phi) is 5.16. The van der Waals surface area contributed by atoms with Crippen molar-refractivity contribution in [3.63, 3.8) is 0 Å². The van der Waals surface area contributed by atoms with Crippen molar-refractivity contribution < 1.29 is 19.1 Å². The Morgan fingerprint density at radius 1 is 1.04 bits per heavy atom. The number of ether oxygens (including phenoxy) is 2. The largest absolute Gasteiger partial charge is 0.423 e. The van der Waals surface area contributed by atoms with E-state index in [4.69, 9.17) is 9.47 Å².